The van der Waals surface area contributed by atoms with E-state index in [2.05, 4.69) is 31.2 Å². The lowest BCUT2D eigenvalue weighted by molar-refractivity contribution is 0.413. The van der Waals surface area contributed by atoms with Crippen molar-refractivity contribution in [3.05, 3.63) is 39.7 Å². The number of nitrogens with one attached hydrogen (secondary N) is 1. The minimum atomic E-state index is 0.277. The van der Waals surface area contributed by atoms with Crippen LogP contribution in [0, 0.1) is 6.92 Å². The molecule has 0 saturated heterocycles. The number of nitrogens with zero attached hydrogens (tertiary/aromatic N) is 2. The van der Waals surface area contributed by atoms with E-state index < -0.39 is 0 Å². The zero-order valence-corrected chi connectivity index (χ0v) is 12.2. The number of halogens is 2. The standard InChI is InChI=1S/C12H11BrClN3O/c1-7-4-3-5-8(9(7)13)17-12-10(18-2)11(14)15-6-16-12/h3-6H,1-2H3,(H,15,16,17). The molecule has 0 aliphatic rings. The molecule has 1 aromatic carbocycles. The maximum Gasteiger partial charge on any atom is 0.199 e. The van der Waals surface area contributed by atoms with Crippen LogP contribution in [0.5, 0.6) is 5.75 Å². The van der Waals surface area contributed by atoms with Gasteiger partial charge < -0.3 is 10.1 Å². The predicted octanol–water partition coefficient (Wildman–Crippen LogP) is 3.95. The van der Waals surface area contributed by atoms with Crippen LogP contribution in [-0.2, 0) is 0 Å². The highest BCUT2D eigenvalue weighted by molar-refractivity contribution is 9.10. The van der Waals surface area contributed by atoms with Crippen molar-refractivity contribution in [3.8, 4) is 5.75 Å². The van der Waals surface area contributed by atoms with Crippen molar-refractivity contribution < 1.29 is 4.74 Å². The van der Waals surface area contributed by atoms with Crippen molar-refractivity contribution in [2.75, 3.05) is 12.4 Å². The Labute approximate surface area is 118 Å². The minimum absolute atomic E-state index is 0.277. The Morgan fingerprint density at radius 2 is 2.11 bits per heavy atom. The van der Waals surface area contributed by atoms with Crippen LogP contribution in [0.4, 0.5) is 11.5 Å². The topological polar surface area (TPSA) is 47.0 Å². The Balaban J connectivity index is 2.40. The lowest BCUT2D eigenvalue weighted by Crippen LogP contribution is -2.00. The molecule has 1 aromatic heterocycles. The average Bonchev–Trinajstić information content (AvgIpc) is 2.35. The highest BCUT2D eigenvalue weighted by Gasteiger charge is 2.12. The SMILES string of the molecule is COc1c(Cl)ncnc1Nc1cccc(C)c1Br. The van der Waals surface area contributed by atoms with Crippen LogP contribution < -0.4 is 10.1 Å². The van der Waals surface area contributed by atoms with Gasteiger partial charge in [-0.05, 0) is 34.5 Å². The quantitative estimate of drug-likeness (QED) is 0.867. The summed E-state index contributed by atoms with van der Waals surface area (Å²) in [6.45, 7) is 2.01. The second-order valence-corrected chi connectivity index (χ2v) is 4.76. The van der Waals surface area contributed by atoms with Gasteiger partial charge in [-0.15, -0.1) is 0 Å². The number of anilines is 2. The molecule has 0 unspecified atom stereocenters. The molecule has 2 rings (SSSR count). The number of aryl methyl sites for hydroxylation is 1. The van der Waals surface area contributed by atoms with E-state index in [0.29, 0.717) is 11.6 Å². The lowest BCUT2D eigenvalue weighted by atomic mass is 10.2. The highest BCUT2D eigenvalue weighted by Crippen LogP contribution is 2.34. The summed E-state index contributed by atoms with van der Waals surface area (Å²) in [5.41, 5.74) is 2.02. The lowest BCUT2D eigenvalue weighted by Gasteiger charge is -2.12. The average molecular weight is 329 g/mol. The Hall–Kier alpha value is -1.33. The summed E-state index contributed by atoms with van der Waals surface area (Å²) in [5.74, 6) is 0.955. The van der Waals surface area contributed by atoms with E-state index in [1.807, 2.05) is 25.1 Å². The molecule has 1 N–H and O–H groups in total. The van der Waals surface area contributed by atoms with Crippen LogP contribution in [0.15, 0.2) is 29.0 Å². The Morgan fingerprint density at radius 3 is 2.83 bits per heavy atom. The molecule has 0 saturated carbocycles. The van der Waals surface area contributed by atoms with Gasteiger partial charge >= 0.3 is 0 Å². The fourth-order valence-electron chi connectivity index (χ4n) is 1.49. The summed E-state index contributed by atoms with van der Waals surface area (Å²) >= 11 is 9.46. The van der Waals surface area contributed by atoms with Crippen molar-refractivity contribution in [2.45, 2.75) is 6.92 Å². The van der Waals surface area contributed by atoms with Gasteiger partial charge in [-0.3, -0.25) is 0 Å². The molecule has 94 valence electrons. The first kappa shape index (κ1) is 13.1. The molecule has 1 heterocycles. The number of hydrogen-bond acceptors (Lipinski definition) is 4. The van der Waals surface area contributed by atoms with Crippen molar-refractivity contribution in [1.29, 1.82) is 0 Å². The number of aromatic nitrogens is 2. The Morgan fingerprint density at radius 1 is 1.33 bits per heavy atom. The third-order valence-corrected chi connectivity index (χ3v) is 3.73. The van der Waals surface area contributed by atoms with Gasteiger partial charge in [0.05, 0.1) is 12.8 Å². The van der Waals surface area contributed by atoms with Gasteiger partial charge in [-0.2, -0.15) is 0 Å². The summed E-state index contributed by atoms with van der Waals surface area (Å²) in [6.07, 6.45) is 1.39. The van der Waals surface area contributed by atoms with Crippen LogP contribution >= 0.6 is 27.5 Å². The summed E-state index contributed by atoms with van der Waals surface area (Å²) in [5, 5.41) is 3.44. The molecular formula is C12H11BrClN3O. The minimum Gasteiger partial charge on any atom is -0.490 e. The molecule has 0 bridgehead atoms. The van der Waals surface area contributed by atoms with Gasteiger partial charge in [0.25, 0.3) is 0 Å². The van der Waals surface area contributed by atoms with Crippen molar-refractivity contribution in [2.24, 2.45) is 0 Å². The molecule has 0 radical (unpaired) electrons. The van der Waals surface area contributed by atoms with Crippen LogP contribution in [0.25, 0.3) is 0 Å². The zero-order chi connectivity index (χ0) is 13.1. The van der Waals surface area contributed by atoms with Gasteiger partial charge in [-0.1, -0.05) is 23.7 Å². The number of rotatable bonds is 3. The van der Waals surface area contributed by atoms with E-state index in [0.717, 1.165) is 15.7 Å². The molecule has 0 amide bonds. The molecule has 4 nitrogen and oxygen atoms in total. The van der Waals surface area contributed by atoms with Gasteiger partial charge in [0.1, 0.15) is 6.33 Å². The summed E-state index contributed by atoms with van der Waals surface area (Å²) in [4.78, 5) is 7.99. The first-order valence-corrected chi connectivity index (χ1v) is 6.37. The smallest absolute Gasteiger partial charge is 0.199 e. The summed E-state index contributed by atoms with van der Waals surface area (Å²) in [7, 11) is 1.53. The van der Waals surface area contributed by atoms with Gasteiger partial charge in [0, 0.05) is 4.47 Å². The van der Waals surface area contributed by atoms with Crippen molar-refractivity contribution in [3.63, 3.8) is 0 Å². The molecule has 0 aliphatic heterocycles. The number of ether oxygens (including phenoxy) is 1. The molecule has 0 aliphatic carbocycles. The fraction of sp³-hybridized carbons (Fsp3) is 0.167. The fourth-order valence-corrected chi connectivity index (χ4v) is 2.07. The molecule has 0 fully saturated rings. The van der Waals surface area contributed by atoms with E-state index in [4.69, 9.17) is 16.3 Å². The third-order valence-electron chi connectivity index (χ3n) is 2.41. The van der Waals surface area contributed by atoms with Crippen molar-refractivity contribution >= 4 is 39.0 Å². The molecule has 0 atom stereocenters. The van der Waals surface area contributed by atoms with Crippen molar-refractivity contribution in [1.82, 2.24) is 9.97 Å². The maximum absolute atomic E-state index is 5.94. The van der Waals surface area contributed by atoms with E-state index >= 15 is 0 Å². The Bertz CT molecular complexity index is 577. The number of methoxy groups -OCH3 is 1. The molecule has 0 spiro atoms. The summed E-state index contributed by atoms with van der Waals surface area (Å²) in [6, 6.07) is 5.91. The third kappa shape index (κ3) is 2.57. The largest absolute Gasteiger partial charge is 0.490 e. The zero-order valence-electron chi connectivity index (χ0n) is 9.87. The second-order valence-electron chi connectivity index (χ2n) is 3.61. The summed E-state index contributed by atoms with van der Waals surface area (Å²) < 4.78 is 6.16. The molecule has 18 heavy (non-hydrogen) atoms. The second kappa shape index (κ2) is 5.54. The predicted molar refractivity (Wildman–Crippen MR) is 75.8 cm³/mol. The molecule has 6 heteroatoms. The van der Waals surface area contributed by atoms with Crippen LogP contribution in [0.1, 0.15) is 5.56 Å². The van der Waals surface area contributed by atoms with Crippen LogP contribution in [0.2, 0.25) is 5.15 Å². The Kier molecular flexibility index (Phi) is 4.04. The van der Waals surface area contributed by atoms with E-state index in [1.54, 1.807) is 0 Å². The van der Waals surface area contributed by atoms with Crippen LogP contribution in [0.3, 0.4) is 0 Å². The normalized spacial score (nSPS) is 10.2. The number of hydrogen-bond donors (Lipinski definition) is 1. The number of benzene rings is 1. The first-order chi connectivity index (χ1) is 8.63. The van der Waals surface area contributed by atoms with Gasteiger partial charge in [0.15, 0.2) is 16.7 Å². The molecule has 2 aromatic rings. The van der Waals surface area contributed by atoms with E-state index in [1.165, 1.54) is 13.4 Å². The van der Waals surface area contributed by atoms with E-state index in [9.17, 15) is 0 Å². The monoisotopic (exact) mass is 327 g/mol. The van der Waals surface area contributed by atoms with Gasteiger partial charge in [0.2, 0.25) is 0 Å². The van der Waals surface area contributed by atoms with Gasteiger partial charge in [-0.25, -0.2) is 9.97 Å². The molecular weight excluding hydrogens is 318 g/mol. The maximum atomic E-state index is 5.94. The van der Waals surface area contributed by atoms with Crippen LogP contribution in [-0.4, -0.2) is 17.1 Å². The van der Waals surface area contributed by atoms with E-state index in [-0.39, 0.29) is 5.15 Å². The highest BCUT2D eigenvalue weighted by atomic mass is 79.9. The first-order valence-electron chi connectivity index (χ1n) is 5.20.